The van der Waals surface area contributed by atoms with Crippen LogP contribution in [0.5, 0.6) is 5.75 Å². The number of hydrogen-bond acceptors (Lipinski definition) is 3. The number of aryl methyl sites for hydroxylation is 1. The first-order valence-electron chi connectivity index (χ1n) is 5.72. The number of ether oxygens (including phenoxy) is 1. The van der Waals surface area contributed by atoms with Gasteiger partial charge in [-0.15, -0.1) is 0 Å². The predicted octanol–water partition coefficient (Wildman–Crippen LogP) is 2.57. The van der Waals surface area contributed by atoms with Crippen LogP contribution in [-0.2, 0) is 13.2 Å². The van der Waals surface area contributed by atoms with Crippen molar-refractivity contribution in [3.8, 4) is 5.75 Å². The fourth-order valence-corrected chi connectivity index (χ4v) is 1.57. The van der Waals surface area contributed by atoms with E-state index in [2.05, 4.69) is 4.98 Å². The molecule has 2 rings (SSSR count). The molecule has 0 saturated carbocycles. The summed E-state index contributed by atoms with van der Waals surface area (Å²) in [5.41, 5.74) is 7.82. The van der Waals surface area contributed by atoms with E-state index in [1.54, 1.807) is 18.3 Å². The van der Waals surface area contributed by atoms with E-state index in [1.807, 2.05) is 19.1 Å². The highest BCUT2D eigenvalue weighted by molar-refractivity contribution is 5.26. The Labute approximate surface area is 105 Å². The first kappa shape index (κ1) is 12.5. The minimum absolute atomic E-state index is 0.171. The Kier molecular flexibility index (Phi) is 3.89. The van der Waals surface area contributed by atoms with Crippen LogP contribution in [0.25, 0.3) is 0 Å². The quantitative estimate of drug-likeness (QED) is 0.902. The van der Waals surface area contributed by atoms with Crippen LogP contribution in [0.15, 0.2) is 36.5 Å². The molecule has 0 aliphatic rings. The maximum absolute atomic E-state index is 13.5. The van der Waals surface area contributed by atoms with E-state index >= 15 is 0 Å². The zero-order valence-electron chi connectivity index (χ0n) is 10.2. The maximum Gasteiger partial charge on any atom is 0.138 e. The van der Waals surface area contributed by atoms with Crippen molar-refractivity contribution in [3.05, 3.63) is 59.2 Å². The predicted molar refractivity (Wildman–Crippen MR) is 67.6 cm³/mol. The highest BCUT2D eigenvalue weighted by atomic mass is 19.1. The molecule has 0 spiro atoms. The number of pyridine rings is 1. The molecule has 0 aliphatic heterocycles. The van der Waals surface area contributed by atoms with E-state index in [9.17, 15) is 4.39 Å². The Balaban J connectivity index is 2.07. The Morgan fingerprint density at radius 1 is 1.28 bits per heavy atom. The monoisotopic (exact) mass is 246 g/mol. The molecular weight excluding hydrogens is 231 g/mol. The second-order valence-corrected chi connectivity index (χ2v) is 4.05. The smallest absolute Gasteiger partial charge is 0.138 e. The average molecular weight is 246 g/mol. The summed E-state index contributed by atoms with van der Waals surface area (Å²) in [6.07, 6.45) is 1.63. The number of benzene rings is 1. The molecule has 4 heteroatoms. The molecule has 0 bridgehead atoms. The van der Waals surface area contributed by atoms with Gasteiger partial charge in [0.15, 0.2) is 0 Å². The molecular formula is C14H15FN2O. The molecule has 1 aromatic carbocycles. The first-order chi connectivity index (χ1) is 8.69. The van der Waals surface area contributed by atoms with Crippen LogP contribution in [0.4, 0.5) is 4.39 Å². The van der Waals surface area contributed by atoms with Gasteiger partial charge in [0, 0.05) is 17.8 Å². The molecule has 2 N–H and O–H groups in total. The number of rotatable bonds is 4. The lowest BCUT2D eigenvalue weighted by molar-refractivity contribution is 0.298. The standard InChI is InChI=1S/C14H15FN2O/c1-10-2-4-13(8-17-10)18-9-12-6-11(7-16)3-5-14(12)15/h2-6,8H,7,9,16H2,1H3. The SMILES string of the molecule is Cc1ccc(OCc2cc(CN)ccc2F)cn1. The molecule has 0 aliphatic carbocycles. The second-order valence-electron chi connectivity index (χ2n) is 4.05. The van der Waals surface area contributed by atoms with Crippen molar-refractivity contribution in [2.75, 3.05) is 0 Å². The third-order valence-electron chi connectivity index (χ3n) is 2.62. The number of hydrogen-bond donors (Lipinski definition) is 1. The topological polar surface area (TPSA) is 48.1 Å². The summed E-state index contributed by atoms with van der Waals surface area (Å²) in [4.78, 5) is 4.11. The van der Waals surface area contributed by atoms with Gasteiger partial charge in [0.1, 0.15) is 18.2 Å². The molecule has 2 aromatic rings. The van der Waals surface area contributed by atoms with Crippen molar-refractivity contribution in [1.82, 2.24) is 4.98 Å². The van der Waals surface area contributed by atoms with Crippen LogP contribution in [-0.4, -0.2) is 4.98 Å². The van der Waals surface area contributed by atoms with Gasteiger partial charge in [-0.3, -0.25) is 4.98 Å². The minimum Gasteiger partial charge on any atom is -0.487 e. The maximum atomic E-state index is 13.5. The van der Waals surface area contributed by atoms with Crippen LogP contribution < -0.4 is 10.5 Å². The number of aromatic nitrogens is 1. The third kappa shape index (κ3) is 3.05. The molecule has 0 fully saturated rings. The summed E-state index contributed by atoms with van der Waals surface area (Å²) in [5, 5.41) is 0. The average Bonchev–Trinajstić information content (AvgIpc) is 2.40. The molecule has 18 heavy (non-hydrogen) atoms. The van der Waals surface area contributed by atoms with Crippen molar-refractivity contribution in [3.63, 3.8) is 0 Å². The van der Waals surface area contributed by atoms with Crippen LogP contribution in [0.3, 0.4) is 0 Å². The van der Waals surface area contributed by atoms with E-state index in [1.165, 1.54) is 6.07 Å². The Bertz CT molecular complexity index is 526. The third-order valence-corrected chi connectivity index (χ3v) is 2.62. The van der Waals surface area contributed by atoms with E-state index in [0.717, 1.165) is 11.3 Å². The van der Waals surface area contributed by atoms with E-state index in [4.69, 9.17) is 10.5 Å². The highest BCUT2D eigenvalue weighted by Crippen LogP contribution is 2.15. The van der Waals surface area contributed by atoms with Gasteiger partial charge in [-0.2, -0.15) is 0 Å². The van der Waals surface area contributed by atoms with Crippen LogP contribution >= 0.6 is 0 Å². The molecule has 1 aromatic heterocycles. The number of nitrogens with two attached hydrogens (primary N) is 1. The van der Waals surface area contributed by atoms with E-state index in [-0.39, 0.29) is 12.4 Å². The van der Waals surface area contributed by atoms with Gasteiger partial charge < -0.3 is 10.5 Å². The van der Waals surface area contributed by atoms with Crippen LogP contribution in [0.2, 0.25) is 0 Å². The van der Waals surface area contributed by atoms with Gasteiger partial charge >= 0.3 is 0 Å². The second kappa shape index (κ2) is 5.60. The summed E-state index contributed by atoms with van der Waals surface area (Å²) in [5.74, 6) is 0.338. The van der Waals surface area contributed by atoms with Crippen molar-refractivity contribution in [1.29, 1.82) is 0 Å². The lowest BCUT2D eigenvalue weighted by Crippen LogP contribution is -2.02. The van der Waals surface area contributed by atoms with Gasteiger partial charge in [0.2, 0.25) is 0 Å². The molecule has 0 amide bonds. The highest BCUT2D eigenvalue weighted by Gasteiger charge is 2.04. The molecule has 3 nitrogen and oxygen atoms in total. The molecule has 1 heterocycles. The Morgan fingerprint density at radius 2 is 2.11 bits per heavy atom. The zero-order chi connectivity index (χ0) is 13.0. The summed E-state index contributed by atoms with van der Waals surface area (Å²) in [7, 11) is 0. The summed E-state index contributed by atoms with van der Waals surface area (Å²) in [6.45, 7) is 2.46. The van der Waals surface area contributed by atoms with Crippen molar-refractivity contribution < 1.29 is 9.13 Å². The molecule has 0 saturated heterocycles. The molecule has 0 radical (unpaired) electrons. The molecule has 0 atom stereocenters. The zero-order valence-corrected chi connectivity index (χ0v) is 10.2. The van der Waals surface area contributed by atoms with Crippen LogP contribution in [0, 0.1) is 12.7 Å². The van der Waals surface area contributed by atoms with Gasteiger partial charge in [-0.1, -0.05) is 6.07 Å². The van der Waals surface area contributed by atoms with Crippen molar-refractivity contribution in [2.24, 2.45) is 5.73 Å². The van der Waals surface area contributed by atoms with Gasteiger partial charge in [0.25, 0.3) is 0 Å². The fraction of sp³-hybridized carbons (Fsp3) is 0.214. The van der Waals surface area contributed by atoms with Gasteiger partial charge in [-0.25, -0.2) is 4.39 Å². The van der Waals surface area contributed by atoms with Crippen LogP contribution in [0.1, 0.15) is 16.8 Å². The van der Waals surface area contributed by atoms with Gasteiger partial charge in [-0.05, 0) is 36.8 Å². The summed E-state index contributed by atoms with van der Waals surface area (Å²) >= 11 is 0. The largest absolute Gasteiger partial charge is 0.487 e. The van der Waals surface area contributed by atoms with Gasteiger partial charge in [0.05, 0.1) is 6.20 Å². The fourth-order valence-electron chi connectivity index (χ4n) is 1.57. The summed E-state index contributed by atoms with van der Waals surface area (Å²) in [6, 6.07) is 8.46. The lowest BCUT2D eigenvalue weighted by atomic mass is 10.1. The first-order valence-corrected chi connectivity index (χ1v) is 5.72. The van der Waals surface area contributed by atoms with E-state index in [0.29, 0.717) is 17.9 Å². The van der Waals surface area contributed by atoms with Crippen molar-refractivity contribution >= 4 is 0 Å². The van der Waals surface area contributed by atoms with Crippen molar-refractivity contribution in [2.45, 2.75) is 20.1 Å². The molecule has 94 valence electrons. The number of halogens is 1. The number of nitrogens with zero attached hydrogens (tertiary/aromatic N) is 1. The Morgan fingerprint density at radius 3 is 2.78 bits per heavy atom. The lowest BCUT2D eigenvalue weighted by Gasteiger charge is -2.08. The minimum atomic E-state index is -0.285. The van der Waals surface area contributed by atoms with E-state index < -0.39 is 0 Å². The molecule has 0 unspecified atom stereocenters. The summed E-state index contributed by atoms with van der Waals surface area (Å²) < 4.78 is 19.0. The normalized spacial score (nSPS) is 10.4. The Hall–Kier alpha value is -1.94.